The summed E-state index contributed by atoms with van der Waals surface area (Å²) in [4.78, 5) is 0. The average molecular weight is 260 g/mol. The first kappa shape index (κ1) is 13.5. The van der Waals surface area contributed by atoms with Crippen LogP contribution in [0.3, 0.4) is 0 Å². The highest BCUT2D eigenvalue weighted by Gasteiger charge is 2.08. The van der Waals surface area contributed by atoms with Gasteiger partial charge in [-0.3, -0.25) is 0 Å². The number of aromatic nitrogens is 3. The van der Waals surface area contributed by atoms with Gasteiger partial charge in [0.15, 0.2) is 0 Å². The van der Waals surface area contributed by atoms with E-state index in [0.717, 1.165) is 29.4 Å². The van der Waals surface area contributed by atoms with Gasteiger partial charge in [0.2, 0.25) is 0 Å². The highest BCUT2D eigenvalue weighted by atomic mass is 16.5. The minimum Gasteiger partial charge on any atom is -0.493 e. The summed E-state index contributed by atoms with van der Waals surface area (Å²) < 4.78 is 7.44. The van der Waals surface area contributed by atoms with Crippen molar-refractivity contribution in [1.82, 2.24) is 15.0 Å². The highest BCUT2D eigenvalue weighted by Crippen LogP contribution is 2.17. The molecule has 0 bridgehead atoms. The van der Waals surface area contributed by atoms with E-state index < -0.39 is 0 Å². The monoisotopic (exact) mass is 260 g/mol. The summed E-state index contributed by atoms with van der Waals surface area (Å²) in [6.07, 6.45) is 0. The second-order valence-electron chi connectivity index (χ2n) is 4.94. The van der Waals surface area contributed by atoms with Gasteiger partial charge in [-0.2, -0.15) is 0 Å². The van der Waals surface area contributed by atoms with Crippen molar-refractivity contribution in [3.05, 3.63) is 35.7 Å². The summed E-state index contributed by atoms with van der Waals surface area (Å²) in [5, 5.41) is 8.16. The predicted octanol–water partition coefficient (Wildman–Crippen LogP) is 2.07. The molecule has 0 fully saturated rings. The molecule has 1 heterocycles. The Labute approximate surface area is 113 Å². The highest BCUT2D eigenvalue weighted by molar-refractivity contribution is 5.38. The van der Waals surface area contributed by atoms with Gasteiger partial charge in [-0.1, -0.05) is 19.1 Å². The third-order valence-corrected chi connectivity index (χ3v) is 2.85. The predicted molar refractivity (Wildman–Crippen MR) is 74.3 cm³/mol. The van der Waals surface area contributed by atoms with Gasteiger partial charge < -0.3 is 10.5 Å². The summed E-state index contributed by atoms with van der Waals surface area (Å²) in [5.74, 6) is 1.39. The van der Waals surface area contributed by atoms with Crippen LogP contribution in [0, 0.1) is 12.8 Å². The van der Waals surface area contributed by atoms with Gasteiger partial charge in [0.25, 0.3) is 0 Å². The topological polar surface area (TPSA) is 66.0 Å². The fourth-order valence-electron chi connectivity index (χ4n) is 1.74. The van der Waals surface area contributed by atoms with Crippen LogP contribution in [0.25, 0.3) is 5.69 Å². The SMILES string of the molecule is Cc1c(CN)nnn1-c1ccc(OCC(C)C)cc1. The number of hydrogen-bond donors (Lipinski definition) is 1. The first-order valence-electron chi connectivity index (χ1n) is 6.46. The van der Waals surface area contributed by atoms with Crippen LogP contribution >= 0.6 is 0 Å². The number of hydrogen-bond acceptors (Lipinski definition) is 4. The number of benzene rings is 1. The van der Waals surface area contributed by atoms with Crippen LogP contribution in [0.15, 0.2) is 24.3 Å². The standard InChI is InChI=1S/C14H20N4O/c1-10(2)9-19-13-6-4-12(5-7-13)18-11(3)14(8-15)16-17-18/h4-7,10H,8-9,15H2,1-3H3. The van der Waals surface area contributed by atoms with Gasteiger partial charge in [-0.15, -0.1) is 5.10 Å². The zero-order valence-electron chi connectivity index (χ0n) is 11.6. The molecule has 0 aliphatic heterocycles. The molecule has 2 N–H and O–H groups in total. The lowest BCUT2D eigenvalue weighted by Gasteiger charge is -2.09. The fraction of sp³-hybridized carbons (Fsp3) is 0.429. The van der Waals surface area contributed by atoms with Crippen molar-refractivity contribution in [3.8, 4) is 11.4 Å². The summed E-state index contributed by atoms with van der Waals surface area (Å²) in [5.41, 5.74) is 8.35. The van der Waals surface area contributed by atoms with Crippen LogP contribution < -0.4 is 10.5 Å². The van der Waals surface area contributed by atoms with Crippen molar-refractivity contribution < 1.29 is 4.74 Å². The van der Waals surface area contributed by atoms with Gasteiger partial charge in [0, 0.05) is 6.54 Å². The molecule has 2 rings (SSSR count). The first-order chi connectivity index (χ1) is 9.11. The Kier molecular flexibility index (Phi) is 4.16. The van der Waals surface area contributed by atoms with Crippen molar-refractivity contribution in [2.24, 2.45) is 11.7 Å². The second-order valence-corrected chi connectivity index (χ2v) is 4.94. The Morgan fingerprint density at radius 1 is 1.26 bits per heavy atom. The Bertz CT molecular complexity index is 531. The third kappa shape index (κ3) is 3.12. The quantitative estimate of drug-likeness (QED) is 0.893. The molecule has 5 heteroatoms. The number of nitrogens with zero attached hydrogens (tertiary/aromatic N) is 3. The molecule has 1 aromatic heterocycles. The Balaban J connectivity index is 2.15. The number of nitrogens with two attached hydrogens (primary N) is 1. The molecule has 0 unspecified atom stereocenters. The molecule has 0 aliphatic carbocycles. The van der Waals surface area contributed by atoms with E-state index in [1.54, 1.807) is 4.68 Å². The van der Waals surface area contributed by atoms with Crippen molar-refractivity contribution in [1.29, 1.82) is 0 Å². The van der Waals surface area contributed by atoms with Crippen LogP contribution in [-0.2, 0) is 6.54 Å². The molecular weight excluding hydrogens is 240 g/mol. The number of ether oxygens (including phenoxy) is 1. The maximum Gasteiger partial charge on any atom is 0.119 e. The Morgan fingerprint density at radius 2 is 1.95 bits per heavy atom. The molecule has 0 saturated carbocycles. The molecule has 0 saturated heterocycles. The molecule has 0 radical (unpaired) electrons. The fourth-order valence-corrected chi connectivity index (χ4v) is 1.74. The normalized spacial score (nSPS) is 11.0. The summed E-state index contributed by atoms with van der Waals surface area (Å²) >= 11 is 0. The largest absolute Gasteiger partial charge is 0.493 e. The van der Waals surface area contributed by atoms with E-state index >= 15 is 0 Å². The second kappa shape index (κ2) is 5.84. The third-order valence-electron chi connectivity index (χ3n) is 2.85. The Hall–Kier alpha value is -1.88. The molecule has 1 aromatic carbocycles. The lowest BCUT2D eigenvalue weighted by Crippen LogP contribution is -2.05. The molecule has 2 aromatic rings. The molecule has 102 valence electrons. The van der Waals surface area contributed by atoms with Crippen molar-refractivity contribution >= 4 is 0 Å². The molecular formula is C14H20N4O. The van der Waals surface area contributed by atoms with Gasteiger partial charge in [-0.25, -0.2) is 4.68 Å². The van der Waals surface area contributed by atoms with Crippen molar-refractivity contribution in [3.63, 3.8) is 0 Å². The van der Waals surface area contributed by atoms with E-state index in [2.05, 4.69) is 24.2 Å². The molecule has 0 amide bonds. The van der Waals surface area contributed by atoms with E-state index in [0.29, 0.717) is 12.5 Å². The molecule has 5 nitrogen and oxygen atoms in total. The van der Waals surface area contributed by atoms with E-state index in [4.69, 9.17) is 10.5 Å². The summed E-state index contributed by atoms with van der Waals surface area (Å²) in [6, 6.07) is 7.83. The lowest BCUT2D eigenvalue weighted by atomic mass is 10.2. The van der Waals surface area contributed by atoms with Crippen LogP contribution in [0.5, 0.6) is 5.75 Å². The van der Waals surface area contributed by atoms with Crippen molar-refractivity contribution in [2.75, 3.05) is 6.61 Å². The average Bonchev–Trinajstić information content (AvgIpc) is 2.78. The maximum atomic E-state index is 5.65. The zero-order valence-corrected chi connectivity index (χ0v) is 11.6. The van der Waals surface area contributed by atoms with Crippen molar-refractivity contribution in [2.45, 2.75) is 27.3 Å². The summed E-state index contributed by atoms with van der Waals surface area (Å²) in [7, 11) is 0. The first-order valence-corrected chi connectivity index (χ1v) is 6.46. The minimum atomic E-state index is 0.404. The van der Waals surface area contributed by atoms with Gasteiger partial charge >= 0.3 is 0 Å². The molecule has 0 spiro atoms. The number of rotatable bonds is 5. The Morgan fingerprint density at radius 3 is 2.47 bits per heavy atom. The maximum absolute atomic E-state index is 5.65. The molecule has 0 atom stereocenters. The summed E-state index contributed by atoms with van der Waals surface area (Å²) in [6.45, 7) is 7.34. The van der Waals surface area contributed by atoms with E-state index in [1.807, 2.05) is 31.2 Å². The smallest absolute Gasteiger partial charge is 0.119 e. The van der Waals surface area contributed by atoms with Crippen LogP contribution in [0.1, 0.15) is 25.2 Å². The van der Waals surface area contributed by atoms with E-state index in [-0.39, 0.29) is 0 Å². The molecule has 0 aliphatic rings. The van der Waals surface area contributed by atoms with E-state index in [9.17, 15) is 0 Å². The van der Waals surface area contributed by atoms with E-state index in [1.165, 1.54) is 0 Å². The van der Waals surface area contributed by atoms with Crippen LogP contribution in [0.4, 0.5) is 0 Å². The molecule has 19 heavy (non-hydrogen) atoms. The van der Waals surface area contributed by atoms with Crippen LogP contribution in [0.2, 0.25) is 0 Å². The minimum absolute atomic E-state index is 0.404. The van der Waals surface area contributed by atoms with Crippen LogP contribution in [-0.4, -0.2) is 21.6 Å². The zero-order chi connectivity index (χ0) is 13.8. The van der Waals surface area contributed by atoms with Gasteiger partial charge in [0.05, 0.1) is 23.7 Å². The van der Waals surface area contributed by atoms with Gasteiger partial charge in [0.1, 0.15) is 5.75 Å². The van der Waals surface area contributed by atoms with Gasteiger partial charge in [-0.05, 0) is 37.1 Å². The lowest BCUT2D eigenvalue weighted by molar-refractivity contribution is 0.271.